The van der Waals surface area contributed by atoms with Crippen molar-refractivity contribution < 1.29 is 0 Å². The largest absolute Gasteiger partial charge is 0.335 e. The van der Waals surface area contributed by atoms with Crippen molar-refractivity contribution in [2.45, 2.75) is 0 Å². The van der Waals surface area contributed by atoms with Crippen LogP contribution in [0, 0.1) is 0 Å². The van der Waals surface area contributed by atoms with Gasteiger partial charge in [0.2, 0.25) is 5.56 Å². The molecule has 3 rings (SSSR count). The molecule has 3 aromatic heterocycles. The summed E-state index contributed by atoms with van der Waals surface area (Å²) in [6.07, 6.45) is 1.68. The fourth-order valence-corrected chi connectivity index (χ4v) is 1.92. The molecule has 3 aromatic rings. The number of H-pyrrole nitrogens is 2. The van der Waals surface area contributed by atoms with E-state index in [9.17, 15) is 4.79 Å². The van der Waals surface area contributed by atoms with Gasteiger partial charge in [-0.2, -0.15) is 0 Å². The zero-order chi connectivity index (χ0) is 11.8. The number of hydrogen-bond acceptors (Lipinski definition) is 3. The van der Waals surface area contributed by atoms with E-state index >= 15 is 0 Å². The minimum absolute atomic E-state index is 0.155. The molecule has 0 aliphatic rings. The molecular weight excluding hydrogens is 284 g/mol. The molecule has 0 radical (unpaired) electrons. The average molecular weight is 291 g/mol. The lowest BCUT2D eigenvalue weighted by molar-refractivity contribution is 1.19. The first-order chi connectivity index (χ1) is 8.22. The van der Waals surface area contributed by atoms with Crippen molar-refractivity contribution in [2.24, 2.45) is 0 Å². The van der Waals surface area contributed by atoms with E-state index in [1.165, 1.54) is 6.07 Å². The van der Waals surface area contributed by atoms with Gasteiger partial charge in [-0.25, -0.2) is 9.97 Å². The van der Waals surface area contributed by atoms with Gasteiger partial charge in [0, 0.05) is 16.7 Å². The summed E-state index contributed by atoms with van der Waals surface area (Å²) >= 11 is 3.34. The molecule has 0 aliphatic carbocycles. The van der Waals surface area contributed by atoms with E-state index in [0.717, 1.165) is 9.99 Å². The summed E-state index contributed by atoms with van der Waals surface area (Å²) in [5.41, 5.74) is 1.93. The van der Waals surface area contributed by atoms with Gasteiger partial charge in [-0.3, -0.25) is 4.79 Å². The van der Waals surface area contributed by atoms with Crippen LogP contribution >= 0.6 is 15.9 Å². The lowest BCUT2D eigenvalue weighted by atomic mass is 10.3. The van der Waals surface area contributed by atoms with Crippen molar-refractivity contribution in [3.05, 3.63) is 45.3 Å². The molecule has 0 saturated heterocycles. The summed E-state index contributed by atoms with van der Waals surface area (Å²) in [6, 6.07) is 6.82. The Morgan fingerprint density at radius 1 is 1.24 bits per heavy atom. The number of nitrogens with one attached hydrogen (secondary N) is 2. The highest BCUT2D eigenvalue weighted by Crippen LogP contribution is 2.19. The Morgan fingerprint density at radius 2 is 2.12 bits per heavy atom. The summed E-state index contributed by atoms with van der Waals surface area (Å²) in [4.78, 5) is 25.5. The van der Waals surface area contributed by atoms with Crippen LogP contribution in [0.1, 0.15) is 0 Å². The second-order valence-electron chi connectivity index (χ2n) is 3.54. The molecule has 6 heteroatoms. The zero-order valence-electron chi connectivity index (χ0n) is 8.57. The number of aromatic amines is 2. The highest BCUT2D eigenvalue weighted by molar-refractivity contribution is 9.10. The smallest absolute Gasteiger partial charge is 0.248 e. The predicted octanol–water partition coefficient (Wildman–Crippen LogP) is 2.08. The van der Waals surface area contributed by atoms with E-state index in [1.54, 1.807) is 18.3 Å². The lowest BCUT2D eigenvalue weighted by Crippen LogP contribution is -2.03. The number of rotatable bonds is 1. The maximum atomic E-state index is 11.2. The molecular formula is C11H7BrN4O. The van der Waals surface area contributed by atoms with Gasteiger partial charge in [0.15, 0.2) is 11.5 Å². The second-order valence-corrected chi connectivity index (χ2v) is 4.45. The van der Waals surface area contributed by atoms with Crippen LogP contribution in [-0.2, 0) is 0 Å². The van der Waals surface area contributed by atoms with Crippen LogP contribution < -0.4 is 5.56 Å². The number of imidazole rings is 1. The van der Waals surface area contributed by atoms with Gasteiger partial charge >= 0.3 is 0 Å². The maximum absolute atomic E-state index is 11.2. The van der Waals surface area contributed by atoms with Crippen LogP contribution in [0.4, 0.5) is 0 Å². The van der Waals surface area contributed by atoms with E-state index in [0.29, 0.717) is 17.2 Å². The standard InChI is InChI=1S/C11H7BrN4O/c12-6-4-8-10(13-5-6)16-11(15-8)7-2-1-3-9(17)14-7/h1-5H,(H,14,17)(H,13,15,16). The van der Waals surface area contributed by atoms with Crippen molar-refractivity contribution in [2.75, 3.05) is 0 Å². The highest BCUT2D eigenvalue weighted by Gasteiger charge is 2.06. The molecule has 0 aliphatic heterocycles. The van der Waals surface area contributed by atoms with Gasteiger partial charge in [-0.15, -0.1) is 0 Å². The Kier molecular flexibility index (Phi) is 2.29. The fraction of sp³-hybridized carbons (Fsp3) is 0. The number of pyridine rings is 2. The van der Waals surface area contributed by atoms with Crippen molar-refractivity contribution in [1.82, 2.24) is 19.9 Å². The second kappa shape index (κ2) is 3.81. The third-order valence-electron chi connectivity index (χ3n) is 2.33. The van der Waals surface area contributed by atoms with Crippen molar-refractivity contribution in [3.63, 3.8) is 0 Å². The lowest BCUT2D eigenvalue weighted by Gasteiger charge is -1.93. The normalized spacial score (nSPS) is 10.9. The quantitative estimate of drug-likeness (QED) is 0.720. The first-order valence-electron chi connectivity index (χ1n) is 4.93. The summed E-state index contributed by atoms with van der Waals surface area (Å²) in [5.74, 6) is 0.600. The molecule has 2 N–H and O–H groups in total. The van der Waals surface area contributed by atoms with Crippen LogP contribution in [0.25, 0.3) is 22.7 Å². The van der Waals surface area contributed by atoms with E-state index in [1.807, 2.05) is 6.07 Å². The van der Waals surface area contributed by atoms with Gasteiger partial charge in [0.1, 0.15) is 0 Å². The fourth-order valence-electron chi connectivity index (χ4n) is 1.59. The summed E-state index contributed by atoms with van der Waals surface area (Å²) < 4.78 is 0.877. The minimum Gasteiger partial charge on any atom is -0.335 e. The van der Waals surface area contributed by atoms with Crippen molar-refractivity contribution >= 4 is 27.1 Å². The number of hydrogen-bond donors (Lipinski definition) is 2. The van der Waals surface area contributed by atoms with E-state index < -0.39 is 0 Å². The number of fused-ring (bicyclic) bond motifs is 1. The van der Waals surface area contributed by atoms with Crippen molar-refractivity contribution in [1.29, 1.82) is 0 Å². The Balaban J connectivity index is 2.21. The van der Waals surface area contributed by atoms with Crippen LogP contribution in [0.3, 0.4) is 0 Å². The Hall–Kier alpha value is -1.95. The summed E-state index contributed by atoms with van der Waals surface area (Å²) in [6.45, 7) is 0. The topological polar surface area (TPSA) is 74.4 Å². The van der Waals surface area contributed by atoms with Crippen molar-refractivity contribution in [3.8, 4) is 11.5 Å². The Labute approximate surface area is 104 Å². The van der Waals surface area contributed by atoms with Gasteiger partial charge in [-0.05, 0) is 28.1 Å². The first-order valence-corrected chi connectivity index (χ1v) is 5.73. The van der Waals surface area contributed by atoms with Gasteiger partial charge in [-0.1, -0.05) is 6.07 Å². The third kappa shape index (κ3) is 1.87. The Morgan fingerprint density at radius 3 is 2.94 bits per heavy atom. The molecule has 0 atom stereocenters. The molecule has 0 fully saturated rings. The van der Waals surface area contributed by atoms with E-state index in [4.69, 9.17) is 0 Å². The van der Waals surface area contributed by atoms with Gasteiger partial charge < -0.3 is 9.97 Å². The zero-order valence-corrected chi connectivity index (χ0v) is 10.2. The van der Waals surface area contributed by atoms with Gasteiger partial charge in [0.05, 0.1) is 11.2 Å². The monoisotopic (exact) mass is 290 g/mol. The van der Waals surface area contributed by atoms with Crippen LogP contribution in [0.15, 0.2) is 39.7 Å². The molecule has 17 heavy (non-hydrogen) atoms. The van der Waals surface area contributed by atoms with E-state index in [2.05, 4.69) is 35.9 Å². The van der Waals surface area contributed by atoms with E-state index in [-0.39, 0.29) is 5.56 Å². The predicted molar refractivity (Wildman–Crippen MR) is 67.6 cm³/mol. The molecule has 0 amide bonds. The molecule has 3 heterocycles. The first kappa shape index (κ1) is 10.2. The highest BCUT2D eigenvalue weighted by atomic mass is 79.9. The SMILES string of the molecule is O=c1cccc(-c2nc3ncc(Br)cc3[nH]2)[nH]1. The number of aromatic nitrogens is 4. The number of halogens is 1. The molecule has 0 aromatic carbocycles. The minimum atomic E-state index is -0.155. The average Bonchev–Trinajstić information content (AvgIpc) is 2.72. The third-order valence-corrected chi connectivity index (χ3v) is 2.76. The van der Waals surface area contributed by atoms with Crippen LogP contribution in [0.2, 0.25) is 0 Å². The summed E-state index contributed by atoms with van der Waals surface area (Å²) in [7, 11) is 0. The molecule has 5 nitrogen and oxygen atoms in total. The maximum Gasteiger partial charge on any atom is 0.248 e. The molecule has 0 spiro atoms. The summed E-state index contributed by atoms with van der Waals surface area (Å²) in [5, 5.41) is 0. The molecule has 0 unspecified atom stereocenters. The van der Waals surface area contributed by atoms with Crippen LogP contribution in [0.5, 0.6) is 0 Å². The van der Waals surface area contributed by atoms with Gasteiger partial charge in [0.25, 0.3) is 0 Å². The Bertz CT molecular complexity index is 746. The molecule has 0 bridgehead atoms. The molecule has 0 saturated carbocycles. The number of nitrogens with zero attached hydrogens (tertiary/aromatic N) is 2. The molecule has 84 valence electrons. The van der Waals surface area contributed by atoms with Crippen LogP contribution in [-0.4, -0.2) is 19.9 Å².